The van der Waals surface area contributed by atoms with Gasteiger partial charge in [-0.3, -0.25) is 4.79 Å². The zero-order valence-electron chi connectivity index (χ0n) is 8.68. The molecule has 0 aliphatic heterocycles. The maximum absolute atomic E-state index is 11.8. The summed E-state index contributed by atoms with van der Waals surface area (Å²) in [6.45, 7) is 5.24. The summed E-state index contributed by atoms with van der Waals surface area (Å²) in [5, 5.41) is 8.92. The predicted octanol–water partition coefficient (Wildman–Crippen LogP) is 3.29. The highest BCUT2D eigenvalue weighted by Crippen LogP contribution is 2.31. The Hall–Kier alpha value is -0.930. The molecule has 0 aliphatic carbocycles. The van der Waals surface area contributed by atoms with Crippen molar-refractivity contribution in [3.63, 3.8) is 0 Å². The van der Waals surface area contributed by atoms with Crippen molar-refractivity contribution >= 4 is 5.97 Å². The molecule has 0 heterocycles. The summed E-state index contributed by atoms with van der Waals surface area (Å²) in [5.41, 5.74) is -1.09. The van der Waals surface area contributed by atoms with Crippen molar-refractivity contribution in [2.45, 2.75) is 33.6 Å². The first-order valence-corrected chi connectivity index (χ1v) is 4.52. The molecule has 0 bridgehead atoms. The predicted molar refractivity (Wildman–Crippen MR) is 50.1 cm³/mol. The van der Waals surface area contributed by atoms with Gasteiger partial charge in [-0.05, 0) is 31.8 Å². The van der Waals surface area contributed by atoms with Crippen molar-refractivity contribution in [2.24, 2.45) is 11.3 Å². The molecule has 0 aliphatic rings. The van der Waals surface area contributed by atoms with Crippen molar-refractivity contribution in [2.75, 3.05) is 0 Å². The average Bonchev–Trinajstić information content (AvgIpc) is 1.99. The van der Waals surface area contributed by atoms with Gasteiger partial charge in [0.1, 0.15) is 0 Å². The lowest BCUT2D eigenvalue weighted by molar-refractivity contribution is -0.148. The van der Waals surface area contributed by atoms with E-state index < -0.39 is 17.5 Å². The van der Waals surface area contributed by atoms with Crippen molar-refractivity contribution in [1.29, 1.82) is 0 Å². The fraction of sp³-hybridized carbons (Fsp3) is 0.700. The van der Waals surface area contributed by atoms with Gasteiger partial charge in [0, 0.05) is 0 Å². The first-order chi connectivity index (χ1) is 6.28. The van der Waals surface area contributed by atoms with Crippen LogP contribution in [-0.4, -0.2) is 11.1 Å². The number of rotatable bonds is 5. The normalized spacial score (nSPS) is 15.0. The Morgan fingerprint density at radius 1 is 1.50 bits per heavy atom. The van der Waals surface area contributed by atoms with E-state index in [4.69, 9.17) is 5.11 Å². The molecule has 0 rings (SSSR count). The Morgan fingerprint density at radius 3 is 2.29 bits per heavy atom. The third-order valence-corrected chi connectivity index (χ3v) is 2.08. The van der Waals surface area contributed by atoms with Crippen LogP contribution >= 0.6 is 0 Å². The monoisotopic (exact) mass is 206 g/mol. The van der Waals surface area contributed by atoms with Crippen LogP contribution in [0.5, 0.6) is 0 Å². The molecule has 0 spiro atoms. The molecular weight excluding hydrogens is 190 g/mol. The lowest BCUT2D eigenvalue weighted by atomic mass is 9.79. The summed E-state index contributed by atoms with van der Waals surface area (Å²) in [6, 6.07) is 0. The Bertz CT molecular complexity index is 232. The number of allylic oxidation sites excluding steroid dienone is 1. The topological polar surface area (TPSA) is 37.3 Å². The van der Waals surface area contributed by atoms with E-state index in [0.29, 0.717) is 12.5 Å². The molecule has 1 N–H and O–H groups in total. The summed E-state index contributed by atoms with van der Waals surface area (Å²) < 4.78 is 23.7. The first kappa shape index (κ1) is 13.1. The number of carboxylic acid groups (broad SMARTS) is 1. The van der Waals surface area contributed by atoms with Gasteiger partial charge in [0.25, 0.3) is 6.08 Å². The second kappa shape index (κ2) is 5.08. The minimum absolute atomic E-state index is 0.122. The summed E-state index contributed by atoms with van der Waals surface area (Å²) in [5.74, 6) is -0.851. The van der Waals surface area contributed by atoms with E-state index >= 15 is 0 Å². The molecule has 0 aromatic carbocycles. The van der Waals surface area contributed by atoms with Gasteiger partial charge in [0.2, 0.25) is 0 Å². The van der Waals surface area contributed by atoms with Gasteiger partial charge in [-0.15, -0.1) is 0 Å². The maximum atomic E-state index is 11.8. The molecule has 2 nitrogen and oxygen atoms in total. The molecule has 14 heavy (non-hydrogen) atoms. The largest absolute Gasteiger partial charge is 0.481 e. The van der Waals surface area contributed by atoms with Crippen LogP contribution in [0.4, 0.5) is 8.78 Å². The summed E-state index contributed by atoms with van der Waals surface area (Å²) in [4.78, 5) is 10.9. The zero-order valence-corrected chi connectivity index (χ0v) is 8.68. The second-order valence-electron chi connectivity index (χ2n) is 4.16. The van der Waals surface area contributed by atoms with Gasteiger partial charge in [0.05, 0.1) is 5.41 Å². The lowest BCUT2D eigenvalue weighted by Gasteiger charge is -2.24. The SMILES string of the molecule is CC(C)C[C@@](C)(CC=C(F)F)C(=O)O. The minimum atomic E-state index is -1.82. The van der Waals surface area contributed by atoms with Crippen molar-refractivity contribution < 1.29 is 18.7 Å². The molecule has 0 saturated heterocycles. The van der Waals surface area contributed by atoms with Crippen molar-refractivity contribution in [3.05, 3.63) is 12.2 Å². The van der Waals surface area contributed by atoms with Crippen LogP contribution < -0.4 is 0 Å². The van der Waals surface area contributed by atoms with Crippen molar-refractivity contribution in [1.82, 2.24) is 0 Å². The zero-order chi connectivity index (χ0) is 11.4. The van der Waals surface area contributed by atoms with E-state index in [1.54, 1.807) is 0 Å². The number of hydrogen-bond donors (Lipinski definition) is 1. The lowest BCUT2D eigenvalue weighted by Crippen LogP contribution is -2.28. The summed E-state index contributed by atoms with van der Waals surface area (Å²) in [7, 11) is 0. The van der Waals surface area contributed by atoms with E-state index in [1.807, 2.05) is 13.8 Å². The fourth-order valence-electron chi connectivity index (χ4n) is 1.46. The molecule has 0 aromatic heterocycles. The molecule has 1 atom stereocenters. The molecule has 0 unspecified atom stereocenters. The van der Waals surface area contributed by atoms with E-state index in [9.17, 15) is 13.6 Å². The number of halogens is 2. The van der Waals surface area contributed by atoms with Gasteiger partial charge in [-0.25, -0.2) is 0 Å². The van der Waals surface area contributed by atoms with E-state index in [-0.39, 0.29) is 12.3 Å². The Balaban J connectivity index is 4.56. The number of hydrogen-bond acceptors (Lipinski definition) is 1. The molecule has 0 amide bonds. The van der Waals surface area contributed by atoms with Crippen LogP contribution in [0.15, 0.2) is 12.2 Å². The minimum Gasteiger partial charge on any atom is -0.481 e. The van der Waals surface area contributed by atoms with Gasteiger partial charge >= 0.3 is 5.97 Å². The Morgan fingerprint density at radius 2 is 2.00 bits per heavy atom. The van der Waals surface area contributed by atoms with E-state index in [2.05, 4.69) is 0 Å². The van der Waals surface area contributed by atoms with Crippen LogP contribution in [0.25, 0.3) is 0 Å². The molecule has 0 radical (unpaired) electrons. The van der Waals surface area contributed by atoms with E-state index in [1.165, 1.54) is 6.92 Å². The fourth-order valence-corrected chi connectivity index (χ4v) is 1.46. The Kier molecular flexibility index (Phi) is 4.74. The highest BCUT2D eigenvalue weighted by atomic mass is 19.3. The highest BCUT2D eigenvalue weighted by molar-refractivity contribution is 5.74. The third-order valence-electron chi connectivity index (χ3n) is 2.08. The van der Waals surface area contributed by atoms with Crippen molar-refractivity contribution in [3.8, 4) is 0 Å². The number of carbonyl (C=O) groups is 1. The smallest absolute Gasteiger partial charge is 0.309 e. The highest BCUT2D eigenvalue weighted by Gasteiger charge is 2.32. The van der Waals surface area contributed by atoms with Gasteiger partial charge in [-0.2, -0.15) is 8.78 Å². The van der Waals surface area contributed by atoms with Crippen LogP contribution in [-0.2, 0) is 4.79 Å². The molecule has 0 saturated carbocycles. The molecule has 0 aromatic rings. The van der Waals surface area contributed by atoms with Gasteiger partial charge < -0.3 is 5.11 Å². The van der Waals surface area contributed by atoms with Gasteiger partial charge in [0.15, 0.2) is 0 Å². The van der Waals surface area contributed by atoms with Crippen LogP contribution in [0.1, 0.15) is 33.6 Å². The van der Waals surface area contributed by atoms with E-state index in [0.717, 1.165) is 0 Å². The first-order valence-electron chi connectivity index (χ1n) is 4.52. The Labute approximate surface area is 82.6 Å². The quantitative estimate of drug-likeness (QED) is 0.749. The van der Waals surface area contributed by atoms with Crippen LogP contribution in [0, 0.1) is 11.3 Å². The van der Waals surface area contributed by atoms with Crippen LogP contribution in [0.2, 0.25) is 0 Å². The molecule has 82 valence electrons. The summed E-state index contributed by atoms with van der Waals surface area (Å²) >= 11 is 0. The number of aliphatic carboxylic acids is 1. The second-order valence-corrected chi connectivity index (χ2v) is 4.16. The van der Waals surface area contributed by atoms with Gasteiger partial charge in [-0.1, -0.05) is 13.8 Å². The standard InChI is InChI=1S/C10H16F2O2/c1-7(2)6-10(3,9(13)14)5-4-8(11)12/h4,7H,5-6H2,1-3H3,(H,13,14)/t10-/m1/s1. The maximum Gasteiger partial charge on any atom is 0.309 e. The average molecular weight is 206 g/mol. The summed E-state index contributed by atoms with van der Waals surface area (Å²) in [6.07, 6.45) is -0.868. The molecule has 4 heteroatoms. The van der Waals surface area contributed by atoms with Crippen LogP contribution in [0.3, 0.4) is 0 Å². The molecular formula is C10H16F2O2. The number of carboxylic acids is 1. The third kappa shape index (κ3) is 4.35. The molecule has 0 fully saturated rings.